The lowest BCUT2D eigenvalue weighted by molar-refractivity contribution is 0.113. The summed E-state index contributed by atoms with van der Waals surface area (Å²) in [6.07, 6.45) is 3.08. The topological polar surface area (TPSA) is 37.4 Å². The zero-order valence-electron chi connectivity index (χ0n) is 12.5. The number of aromatic nitrogens is 1. The Bertz CT molecular complexity index is 327. The summed E-state index contributed by atoms with van der Waals surface area (Å²) < 4.78 is 5.40. The SMILES string of the molecule is CCCNc1ccc(CN(CC)CCOCC)cn1. The van der Waals surface area contributed by atoms with Crippen LogP contribution in [0.2, 0.25) is 0 Å². The van der Waals surface area contributed by atoms with Crippen molar-refractivity contribution in [3.05, 3.63) is 23.9 Å². The predicted molar refractivity (Wildman–Crippen MR) is 80.5 cm³/mol. The molecule has 0 saturated carbocycles. The predicted octanol–water partition coefficient (Wildman–Crippen LogP) is 2.76. The average Bonchev–Trinajstić information content (AvgIpc) is 2.45. The first-order valence-corrected chi connectivity index (χ1v) is 7.29. The highest BCUT2D eigenvalue weighted by molar-refractivity contribution is 5.35. The Hall–Kier alpha value is -1.13. The van der Waals surface area contributed by atoms with Gasteiger partial charge in [0.1, 0.15) is 5.82 Å². The molecule has 1 aromatic heterocycles. The number of hydrogen-bond acceptors (Lipinski definition) is 4. The fraction of sp³-hybridized carbons (Fsp3) is 0.667. The fourth-order valence-electron chi connectivity index (χ4n) is 1.82. The first-order valence-electron chi connectivity index (χ1n) is 7.29. The van der Waals surface area contributed by atoms with E-state index in [1.54, 1.807) is 0 Å². The van der Waals surface area contributed by atoms with Gasteiger partial charge in [-0.1, -0.05) is 19.9 Å². The first kappa shape index (κ1) is 15.9. The molecule has 1 rings (SSSR count). The molecule has 1 heterocycles. The lowest BCUT2D eigenvalue weighted by atomic mass is 10.2. The van der Waals surface area contributed by atoms with E-state index in [0.717, 1.165) is 51.6 Å². The van der Waals surface area contributed by atoms with Crippen LogP contribution in [0.4, 0.5) is 5.82 Å². The highest BCUT2D eigenvalue weighted by atomic mass is 16.5. The molecule has 4 nitrogen and oxygen atoms in total. The average molecular weight is 265 g/mol. The summed E-state index contributed by atoms with van der Waals surface area (Å²) in [7, 11) is 0. The number of rotatable bonds is 10. The van der Waals surface area contributed by atoms with Crippen molar-refractivity contribution in [1.82, 2.24) is 9.88 Å². The van der Waals surface area contributed by atoms with Gasteiger partial charge in [0.2, 0.25) is 0 Å². The van der Waals surface area contributed by atoms with E-state index in [-0.39, 0.29) is 0 Å². The minimum Gasteiger partial charge on any atom is -0.380 e. The smallest absolute Gasteiger partial charge is 0.125 e. The second-order valence-electron chi connectivity index (χ2n) is 4.54. The van der Waals surface area contributed by atoms with E-state index >= 15 is 0 Å². The molecule has 0 fully saturated rings. The van der Waals surface area contributed by atoms with Crippen molar-refractivity contribution in [2.75, 3.05) is 38.2 Å². The summed E-state index contributed by atoms with van der Waals surface area (Å²) in [4.78, 5) is 6.80. The number of likely N-dealkylation sites (N-methyl/N-ethyl adjacent to an activating group) is 1. The zero-order valence-corrected chi connectivity index (χ0v) is 12.5. The van der Waals surface area contributed by atoms with Gasteiger partial charge in [0.05, 0.1) is 6.61 Å². The summed E-state index contributed by atoms with van der Waals surface area (Å²) in [6.45, 7) is 11.9. The molecule has 0 bridgehead atoms. The van der Waals surface area contributed by atoms with Crippen molar-refractivity contribution < 1.29 is 4.74 Å². The highest BCUT2D eigenvalue weighted by Gasteiger charge is 2.04. The van der Waals surface area contributed by atoms with E-state index in [1.165, 1.54) is 5.56 Å². The molecular weight excluding hydrogens is 238 g/mol. The third-order valence-corrected chi connectivity index (χ3v) is 2.99. The van der Waals surface area contributed by atoms with Crippen LogP contribution in [0.1, 0.15) is 32.8 Å². The van der Waals surface area contributed by atoms with Crippen molar-refractivity contribution >= 4 is 5.82 Å². The van der Waals surface area contributed by atoms with Crippen LogP contribution in [0.5, 0.6) is 0 Å². The van der Waals surface area contributed by atoms with Crippen LogP contribution in [-0.4, -0.2) is 42.7 Å². The van der Waals surface area contributed by atoms with Crippen LogP contribution in [0, 0.1) is 0 Å². The molecule has 0 amide bonds. The summed E-state index contributed by atoms with van der Waals surface area (Å²) in [5, 5.41) is 3.29. The van der Waals surface area contributed by atoms with Gasteiger partial charge in [-0.2, -0.15) is 0 Å². The first-order chi connectivity index (χ1) is 9.30. The Balaban J connectivity index is 2.41. The van der Waals surface area contributed by atoms with Crippen molar-refractivity contribution in [3.8, 4) is 0 Å². The van der Waals surface area contributed by atoms with Gasteiger partial charge < -0.3 is 10.1 Å². The molecule has 0 atom stereocenters. The van der Waals surface area contributed by atoms with Crippen LogP contribution in [0.3, 0.4) is 0 Å². The molecule has 0 unspecified atom stereocenters. The van der Waals surface area contributed by atoms with Crippen molar-refractivity contribution in [2.24, 2.45) is 0 Å². The molecule has 0 aromatic carbocycles. The van der Waals surface area contributed by atoms with Gasteiger partial charge in [-0.15, -0.1) is 0 Å². The minimum atomic E-state index is 0.789. The van der Waals surface area contributed by atoms with E-state index in [4.69, 9.17) is 4.74 Å². The van der Waals surface area contributed by atoms with Crippen LogP contribution in [0.25, 0.3) is 0 Å². The number of hydrogen-bond donors (Lipinski definition) is 1. The Morgan fingerprint density at radius 2 is 2.11 bits per heavy atom. The van der Waals surface area contributed by atoms with Crippen LogP contribution >= 0.6 is 0 Å². The largest absolute Gasteiger partial charge is 0.380 e. The van der Waals surface area contributed by atoms with Crippen molar-refractivity contribution in [1.29, 1.82) is 0 Å². The molecule has 0 saturated heterocycles. The molecule has 0 radical (unpaired) electrons. The molecule has 0 aliphatic heterocycles. The van der Waals surface area contributed by atoms with Gasteiger partial charge in [-0.25, -0.2) is 4.98 Å². The summed E-state index contributed by atoms with van der Waals surface area (Å²) in [5.74, 6) is 0.961. The Labute approximate surface area is 117 Å². The summed E-state index contributed by atoms with van der Waals surface area (Å²) in [5.41, 5.74) is 1.25. The van der Waals surface area contributed by atoms with Gasteiger partial charge in [0.25, 0.3) is 0 Å². The second-order valence-corrected chi connectivity index (χ2v) is 4.54. The highest BCUT2D eigenvalue weighted by Crippen LogP contribution is 2.08. The zero-order chi connectivity index (χ0) is 13.9. The van der Waals surface area contributed by atoms with E-state index in [2.05, 4.69) is 41.2 Å². The quantitative estimate of drug-likeness (QED) is 0.660. The number of ether oxygens (including phenoxy) is 1. The molecule has 0 aliphatic rings. The minimum absolute atomic E-state index is 0.789. The summed E-state index contributed by atoms with van der Waals surface area (Å²) >= 11 is 0. The fourth-order valence-corrected chi connectivity index (χ4v) is 1.82. The molecule has 108 valence electrons. The van der Waals surface area contributed by atoms with E-state index in [0.29, 0.717) is 0 Å². The number of nitrogens with zero attached hydrogens (tertiary/aromatic N) is 2. The van der Waals surface area contributed by atoms with E-state index < -0.39 is 0 Å². The Morgan fingerprint density at radius 3 is 2.68 bits per heavy atom. The van der Waals surface area contributed by atoms with Crippen LogP contribution in [-0.2, 0) is 11.3 Å². The van der Waals surface area contributed by atoms with Gasteiger partial charge in [0.15, 0.2) is 0 Å². The van der Waals surface area contributed by atoms with Crippen molar-refractivity contribution in [3.63, 3.8) is 0 Å². The monoisotopic (exact) mass is 265 g/mol. The normalized spacial score (nSPS) is 10.9. The third kappa shape index (κ3) is 6.55. The lowest BCUT2D eigenvalue weighted by Gasteiger charge is -2.20. The van der Waals surface area contributed by atoms with E-state index in [9.17, 15) is 0 Å². The molecule has 19 heavy (non-hydrogen) atoms. The number of pyridine rings is 1. The van der Waals surface area contributed by atoms with Crippen molar-refractivity contribution in [2.45, 2.75) is 33.7 Å². The lowest BCUT2D eigenvalue weighted by Crippen LogP contribution is -2.27. The molecule has 4 heteroatoms. The van der Waals surface area contributed by atoms with Crippen LogP contribution in [0.15, 0.2) is 18.3 Å². The molecule has 1 aromatic rings. The maximum atomic E-state index is 5.40. The maximum Gasteiger partial charge on any atom is 0.125 e. The third-order valence-electron chi connectivity index (χ3n) is 2.99. The molecule has 0 spiro atoms. The number of nitrogens with one attached hydrogen (secondary N) is 1. The second kappa shape index (κ2) is 9.75. The molecule has 0 aliphatic carbocycles. The molecular formula is C15H27N3O. The van der Waals surface area contributed by atoms with Gasteiger partial charge >= 0.3 is 0 Å². The number of anilines is 1. The van der Waals surface area contributed by atoms with E-state index in [1.807, 2.05) is 13.1 Å². The van der Waals surface area contributed by atoms with Gasteiger partial charge in [-0.05, 0) is 31.5 Å². The Kier molecular flexibility index (Phi) is 8.18. The van der Waals surface area contributed by atoms with Gasteiger partial charge in [0, 0.05) is 32.4 Å². The molecule has 1 N–H and O–H groups in total. The Morgan fingerprint density at radius 1 is 1.26 bits per heavy atom. The summed E-state index contributed by atoms with van der Waals surface area (Å²) in [6, 6.07) is 4.20. The standard InChI is InChI=1S/C15H27N3O/c1-4-9-16-15-8-7-14(12-17-15)13-18(5-2)10-11-19-6-3/h7-8,12H,4-6,9-11,13H2,1-3H3,(H,16,17). The van der Waals surface area contributed by atoms with Crippen LogP contribution < -0.4 is 5.32 Å². The van der Waals surface area contributed by atoms with Gasteiger partial charge in [-0.3, -0.25) is 4.90 Å². The maximum absolute atomic E-state index is 5.40.